The summed E-state index contributed by atoms with van der Waals surface area (Å²) in [6, 6.07) is 3.45. The molecule has 1 aromatic heterocycles. The van der Waals surface area contributed by atoms with Crippen LogP contribution in [0.4, 0.5) is 4.79 Å². The molecule has 0 radical (unpaired) electrons. The molecule has 1 aliphatic heterocycles. The molecule has 1 fully saturated rings. The minimum Gasteiger partial charge on any atom is -0.444 e. The van der Waals surface area contributed by atoms with Gasteiger partial charge in [-0.2, -0.15) is 5.10 Å². The van der Waals surface area contributed by atoms with Crippen LogP contribution in [0.3, 0.4) is 0 Å². The molecule has 2 heterocycles. The van der Waals surface area contributed by atoms with Gasteiger partial charge in [-0.15, -0.1) is 5.10 Å². The van der Waals surface area contributed by atoms with E-state index in [1.54, 1.807) is 17.0 Å². The lowest BCUT2D eigenvalue weighted by molar-refractivity contribution is 0.0241. The van der Waals surface area contributed by atoms with Crippen molar-refractivity contribution in [1.29, 1.82) is 0 Å². The summed E-state index contributed by atoms with van der Waals surface area (Å²) in [6.45, 7) is 8.01. The Morgan fingerprint density at radius 1 is 1.41 bits per heavy atom. The summed E-state index contributed by atoms with van der Waals surface area (Å²) in [6.07, 6.45) is 1.41. The number of aromatic nitrogens is 2. The second-order valence-corrected chi connectivity index (χ2v) is 7.94. The molecule has 1 aliphatic rings. The van der Waals surface area contributed by atoms with Crippen LogP contribution in [0.2, 0.25) is 0 Å². The maximum absolute atomic E-state index is 12.4. The number of likely N-dealkylation sites (tertiary alicyclic amines) is 1. The van der Waals surface area contributed by atoms with Gasteiger partial charge in [-0.05, 0) is 52.7 Å². The average molecular weight is 325 g/mol. The second kappa shape index (κ2) is 6.73. The molecule has 0 aromatic carbocycles. The van der Waals surface area contributed by atoms with Gasteiger partial charge in [-0.3, -0.25) is 4.21 Å². The van der Waals surface area contributed by atoms with E-state index in [-0.39, 0.29) is 12.1 Å². The largest absolute Gasteiger partial charge is 0.444 e. The van der Waals surface area contributed by atoms with E-state index in [4.69, 9.17) is 4.74 Å². The van der Waals surface area contributed by atoms with E-state index >= 15 is 0 Å². The third kappa shape index (κ3) is 4.50. The molecule has 0 aliphatic carbocycles. The van der Waals surface area contributed by atoms with Gasteiger partial charge in [-0.25, -0.2) is 4.79 Å². The first-order valence-electron chi connectivity index (χ1n) is 7.44. The Kier molecular flexibility index (Phi) is 5.16. The number of nitrogens with zero attached hydrogens (tertiary/aromatic N) is 3. The molecule has 7 heteroatoms. The number of hydrogen-bond acceptors (Lipinski definition) is 5. The zero-order valence-electron chi connectivity index (χ0n) is 13.5. The molecular formula is C15H23N3O3S. The summed E-state index contributed by atoms with van der Waals surface area (Å²) in [5.74, 6) is 0.372. The van der Waals surface area contributed by atoms with Crippen LogP contribution in [0.15, 0.2) is 17.2 Å². The van der Waals surface area contributed by atoms with Crippen LogP contribution in [0.25, 0.3) is 0 Å². The summed E-state index contributed by atoms with van der Waals surface area (Å²) in [5.41, 5.74) is 0.267. The van der Waals surface area contributed by atoms with E-state index in [1.165, 1.54) is 0 Å². The van der Waals surface area contributed by atoms with Crippen LogP contribution >= 0.6 is 0 Å². The fraction of sp³-hybridized carbons (Fsp3) is 0.667. The summed E-state index contributed by atoms with van der Waals surface area (Å²) < 4.78 is 17.8. The fourth-order valence-corrected chi connectivity index (χ4v) is 3.56. The van der Waals surface area contributed by atoms with Crippen LogP contribution in [0.1, 0.15) is 39.3 Å². The van der Waals surface area contributed by atoms with Crippen molar-refractivity contribution >= 4 is 16.9 Å². The lowest BCUT2D eigenvalue weighted by atomic mass is 10.2. The summed E-state index contributed by atoms with van der Waals surface area (Å²) in [5, 5.41) is 8.35. The maximum atomic E-state index is 12.4. The second-order valence-electron chi connectivity index (χ2n) is 6.49. The summed E-state index contributed by atoms with van der Waals surface area (Å²) >= 11 is 0. The van der Waals surface area contributed by atoms with Gasteiger partial charge in [0, 0.05) is 12.6 Å². The van der Waals surface area contributed by atoms with Gasteiger partial charge in [0.25, 0.3) is 0 Å². The topological polar surface area (TPSA) is 72.4 Å². The highest BCUT2D eigenvalue weighted by atomic mass is 32.2. The molecule has 0 bridgehead atoms. The molecule has 0 spiro atoms. The number of rotatable bonds is 3. The maximum Gasteiger partial charge on any atom is 0.410 e. The molecule has 2 atom stereocenters. The fourth-order valence-electron chi connectivity index (χ4n) is 2.34. The average Bonchev–Trinajstić information content (AvgIpc) is 2.85. The van der Waals surface area contributed by atoms with E-state index in [0.717, 1.165) is 18.5 Å². The molecule has 1 amide bonds. The highest BCUT2D eigenvalue weighted by Crippen LogP contribution is 2.22. The first-order chi connectivity index (χ1) is 10.3. The quantitative estimate of drug-likeness (QED) is 0.852. The highest BCUT2D eigenvalue weighted by molar-refractivity contribution is 7.85. The Balaban J connectivity index is 2.00. The van der Waals surface area contributed by atoms with Crippen molar-refractivity contribution in [2.45, 2.75) is 57.2 Å². The van der Waals surface area contributed by atoms with Gasteiger partial charge in [0.15, 0.2) is 0 Å². The smallest absolute Gasteiger partial charge is 0.410 e. The lowest BCUT2D eigenvalue weighted by Gasteiger charge is -2.28. The summed E-state index contributed by atoms with van der Waals surface area (Å²) in [4.78, 5) is 13.9. The Morgan fingerprint density at radius 3 is 2.73 bits per heavy atom. The van der Waals surface area contributed by atoms with Crippen molar-refractivity contribution in [3.8, 4) is 0 Å². The van der Waals surface area contributed by atoms with Crippen LogP contribution < -0.4 is 0 Å². The number of aryl methyl sites for hydroxylation is 1. The van der Waals surface area contributed by atoms with E-state index in [2.05, 4.69) is 10.2 Å². The zero-order valence-corrected chi connectivity index (χ0v) is 14.4. The molecule has 0 saturated carbocycles. The van der Waals surface area contributed by atoms with Gasteiger partial charge < -0.3 is 9.64 Å². The Hall–Kier alpha value is -1.50. The molecule has 1 aromatic rings. The van der Waals surface area contributed by atoms with Crippen molar-refractivity contribution in [2.24, 2.45) is 0 Å². The Bertz CT molecular complexity index is 554. The van der Waals surface area contributed by atoms with Gasteiger partial charge in [0.05, 0.1) is 22.2 Å². The number of ether oxygens (including phenoxy) is 1. The molecule has 22 heavy (non-hydrogen) atoms. The van der Waals surface area contributed by atoms with Gasteiger partial charge >= 0.3 is 6.09 Å². The van der Waals surface area contributed by atoms with Crippen LogP contribution in [-0.2, 0) is 15.5 Å². The first-order valence-corrected chi connectivity index (χ1v) is 8.76. The van der Waals surface area contributed by atoms with Crippen molar-refractivity contribution in [2.75, 3.05) is 12.3 Å². The SMILES string of the molecule is Cc1ccc([S@](=O)C[C@@H]2CCCN2C(=O)OC(C)(C)C)nn1. The number of carbonyl (C=O) groups excluding carboxylic acids is 1. The zero-order chi connectivity index (χ0) is 16.3. The lowest BCUT2D eigenvalue weighted by Crippen LogP contribution is -2.42. The van der Waals surface area contributed by atoms with Crippen molar-refractivity contribution in [3.05, 3.63) is 17.8 Å². The number of hydrogen-bond donors (Lipinski definition) is 0. The standard InChI is InChI=1S/C15H23N3O3S/c1-11-7-8-13(17-16-11)22(20)10-12-6-5-9-18(12)14(19)21-15(2,3)4/h7-8,12H,5-6,9-10H2,1-4H3/t12-,22+/m0/s1. The van der Waals surface area contributed by atoms with Gasteiger partial charge in [0.1, 0.15) is 10.6 Å². The molecule has 2 rings (SSSR count). The number of amides is 1. The molecule has 0 unspecified atom stereocenters. The molecule has 6 nitrogen and oxygen atoms in total. The van der Waals surface area contributed by atoms with Crippen molar-refractivity contribution in [1.82, 2.24) is 15.1 Å². The predicted molar refractivity (Wildman–Crippen MR) is 84.0 cm³/mol. The van der Waals surface area contributed by atoms with Crippen molar-refractivity contribution < 1.29 is 13.7 Å². The molecule has 122 valence electrons. The van der Waals surface area contributed by atoms with Crippen LogP contribution in [0, 0.1) is 6.92 Å². The Labute approximate surface area is 133 Å². The first kappa shape index (κ1) is 16.9. The third-order valence-electron chi connectivity index (χ3n) is 3.36. The van der Waals surface area contributed by atoms with Crippen molar-refractivity contribution in [3.63, 3.8) is 0 Å². The molecule has 0 N–H and O–H groups in total. The third-order valence-corrected chi connectivity index (χ3v) is 4.73. The predicted octanol–water partition coefficient (Wildman–Crippen LogP) is 2.29. The number of carbonyl (C=O) groups is 1. The van der Waals surface area contributed by atoms with E-state index in [1.807, 2.05) is 27.7 Å². The molecule has 1 saturated heterocycles. The van der Waals surface area contributed by atoms with E-state index in [9.17, 15) is 9.00 Å². The normalized spacial score (nSPS) is 20.0. The van der Waals surface area contributed by atoms with Crippen LogP contribution in [0.5, 0.6) is 0 Å². The summed E-state index contributed by atoms with van der Waals surface area (Å²) in [7, 11) is -1.26. The van der Waals surface area contributed by atoms with Gasteiger partial charge in [0.2, 0.25) is 0 Å². The Morgan fingerprint density at radius 2 is 2.14 bits per heavy atom. The minimum atomic E-state index is -1.26. The molecular weight excluding hydrogens is 302 g/mol. The minimum absolute atomic E-state index is 0.0706. The van der Waals surface area contributed by atoms with Crippen LogP contribution in [-0.4, -0.2) is 49.3 Å². The van der Waals surface area contributed by atoms with E-state index in [0.29, 0.717) is 17.3 Å². The monoisotopic (exact) mass is 325 g/mol. The van der Waals surface area contributed by atoms with Gasteiger partial charge in [-0.1, -0.05) is 0 Å². The van der Waals surface area contributed by atoms with E-state index < -0.39 is 16.4 Å². The highest BCUT2D eigenvalue weighted by Gasteiger charge is 2.33.